The van der Waals surface area contributed by atoms with Crippen LogP contribution in [0.2, 0.25) is 10.0 Å². The first-order valence-corrected chi connectivity index (χ1v) is 8.20. The molecule has 1 aromatic heterocycles. The minimum Gasteiger partial charge on any atom is -0.382 e. The Hall–Kier alpha value is -2.90. The summed E-state index contributed by atoms with van der Waals surface area (Å²) in [5, 5.41) is 8.03. The number of nitrogens with two attached hydrogens (primary N) is 2. The van der Waals surface area contributed by atoms with Crippen molar-refractivity contribution >= 4 is 40.7 Å². The zero-order chi connectivity index (χ0) is 18.8. The Kier molecular flexibility index (Phi) is 4.92. The molecule has 0 bridgehead atoms. The van der Waals surface area contributed by atoms with Crippen molar-refractivity contribution in [3.05, 3.63) is 74.9 Å². The van der Waals surface area contributed by atoms with E-state index in [4.69, 9.17) is 34.7 Å². The van der Waals surface area contributed by atoms with Crippen LogP contribution in [0.1, 0.15) is 32.0 Å². The number of hydrogen-bond acceptors (Lipinski definition) is 5. The Morgan fingerprint density at radius 1 is 1.04 bits per heavy atom. The lowest BCUT2D eigenvalue weighted by Gasteiger charge is -2.08. The average Bonchev–Trinajstić information content (AvgIpc) is 2.96. The van der Waals surface area contributed by atoms with Gasteiger partial charge in [0, 0.05) is 5.56 Å². The molecule has 9 heteroatoms. The highest BCUT2D eigenvalue weighted by molar-refractivity contribution is 6.41. The predicted octanol–water partition coefficient (Wildman–Crippen LogP) is 2.55. The molecule has 0 aliphatic rings. The molecule has 0 aliphatic heterocycles. The number of hydrogen-bond donors (Lipinski definition) is 2. The number of aromatic nitrogens is 3. The van der Waals surface area contributed by atoms with Crippen molar-refractivity contribution in [2.45, 2.75) is 6.54 Å². The normalized spacial score (nSPS) is 10.7. The molecule has 4 N–H and O–H groups in total. The molecule has 0 atom stereocenters. The summed E-state index contributed by atoms with van der Waals surface area (Å²) in [6.07, 6.45) is 0. The van der Waals surface area contributed by atoms with Crippen molar-refractivity contribution in [2.24, 2.45) is 5.73 Å². The molecule has 0 radical (unpaired) electrons. The van der Waals surface area contributed by atoms with E-state index in [1.807, 2.05) is 0 Å². The van der Waals surface area contributed by atoms with E-state index in [0.717, 1.165) is 5.56 Å². The topological polar surface area (TPSA) is 117 Å². The fourth-order valence-corrected chi connectivity index (χ4v) is 2.98. The van der Waals surface area contributed by atoms with E-state index in [1.54, 1.807) is 42.5 Å². The molecule has 0 fully saturated rings. The molecule has 0 aliphatic carbocycles. The molecule has 0 unspecified atom stereocenters. The molecule has 26 heavy (non-hydrogen) atoms. The Morgan fingerprint density at radius 3 is 2.19 bits per heavy atom. The SMILES string of the molecule is NC(=O)c1nnn(Cc2ccc(C(=O)c3c(Cl)cccc3Cl)cc2)c1N. The molecule has 3 rings (SSSR count). The maximum absolute atomic E-state index is 12.6. The van der Waals surface area contributed by atoms with Crippen LogP contribution >= 0.6 is 23.2 Å². The lowest BCUT2D eigenvalue weighted by Crippen LogP contribution is -2.15. The molecule has 0 saturated heterocycles. The van der Waals surface area contributed by atoms with Crippen LogP contribution in [0.3, 0.4) is 0 Å². The molecule has 3 aromatic rings. The summed E-state index contributed by atoms with van der Waals surface area (Å²) < 4.78 is 1.35. The summed E-state index contributed by atoms with van der Waals surface area (Å²) in [4.78, 5) is 23.8. The maximum atomic E-state index is 12.6. The number of benzene rings is 2. The zero-order valence-electron chi connectivity index (χ0n) is 13.3. The first-order chi connectivity index (χ1) is 12.4. The van der Waals surface area contributed by atoms with Crippen molar-refractivity contribution in [1.29, 1.82) is 0 Å². The molecular weight excluding hydrogens is 377 g/mol. The van der Waals surface area contributed by atoms with Crippen LogP contribution in [0.15, 0.2) is 42.5 Å². The van der Waals surface area contributed by atoms with E-state index in [1.165, 1.54) is 4.68 Å². The van der Waals surface area contributed by atoms with Gasteiger partial charge >= 0.3 is 0 Å². The van der Waals surface area contributed by atoms with E-state index >= 15 is 0 Å². The zero-order valence-corrected chi connectivity index (χ0v) is 14.8. The molecular formula is C17H13Cl2N5O2. The summed E-state index contributed by atoms with van der Waals surface area (Å²) in [7, 11) is 0. The van der Waals surface area contributed by atoms with Gasteiger partial charge in [-0.25, -0.2) is 4.68 Å². The van der Waals surface area contributed by atoms with Crippen LogP contribution in [0.4, 0.5) is 5.82 Å². The minimum atomic E-state index is -0.744. The number of carbonyl (C=O) groups excluding carboxylic acids is 2. The van der Waals surface area contributed by atoms with Gasteiger partial charge < -0.3 is 11.5 Å². The largest absolute Gasteiger partial charge is 0.382 e. The number of amides is 1. The van der Waals surface area contributed by atoms with E-state index in [9.17, 15) is 9.59 Å². The smallest absolute Gasteiger partial charge is 0.273 e. The molecule has 1 heterocycles. The lowest BCUT2D eigenvalue weighted by molar-refractivity contribution is 0.0994. The Balaban J connectivity index is 1.83. The van der Waals surface area contributed by atoms with Gasteiger partial charge in [0.05, 0.1) is 22.2 Å². The van der Waals surface area contributed by atoms with Crippen LogP contribution in [-0.2, 0) is 6.54 Å². The van der Waals surface area contributed by atoms with Crippen molar-refractivity contribution in [3.8, 4) is 0 Å². The van der Waals surface area contributed by atoms with E-state index in [0.29, 0.717) is 15.6 Å². The first kappa shape index (κ1) is 17.9. The van der Waals surface area contributed by atoms with Crippen LogP contribution in [0, 0.1) is 0 Å². The summed E-state index contributed by atoms with van der Waals surface area (Å²) in [5.74, 6) is -0.935. The van der Waals surface area contributed by atoms with Crippen LogP contribution in [0.25, 0.3) is 0 Å². The fourth-order valence-electron chi connectivity index (χ4n) is 2.41. The number of nitrogen functional groups attached to an aromatic ring is 1. The summed E-state index contributed by atoms with van der Waals surface area (Å²) in [6, 6.07) is 11.7. The number of halogens is 2. The Labute approximate surface area is 158 Å². The predicted molar refractivity (Wildman–Crippen MR) is 98.4 cm³/mol. The number of anilines is 1. The second kappa shape index (κ2) is 7.15. The molecule has 132 valence electrons. The average molecular weight is 390 g/mol. The molecule has 0 saturated carbocycles. The Morgan fingerprint density at radius 2 is 1.65 bits per heavy atom. The summed E-state index contributed by atoms with van der Waals surface area (Å²) in [5.41, 5.74) is 12.4. The van der Waals surface area contributed by atoms with Crippen molar-refractivity contribution in [3.63, 3.8) is 0 Å². The molecule has 7 nitrogen and oxygen atoms in total. The number of carbonyl (C=O) groups is 2. The second-order valence-corrected chi connectivity index (χ2v) is 6.28. The molecule has 1 amide bonds. The van der Waals surface area contributed by atoms with Crippen molar-refractivity contribution in [2.75, 3.05) is 5.73 Å². The number of primary amides is 1. The summed E-state index contributed by atoms with van der Waals surface area (Å²) in [6.45, 7) is 0.271. The van der Waals surface area contributed by atoms with Gasteiger partial charge in [-0.3, -0.25) is 9.59 Å². The number of nitrogens with zero attached hydrogens (tertiary/aromatic N) is 3. The number of ketones is 1. The van der Waals surface area contributed by atoms with Crippen LogP contribution < -0.4 is 11.5 Å². The van der Waals surface area contributed by atoms with Crippen LogP contribution in [-0.4, -0.2) is 26.7 Å². The molecule has 0 spiro atoms. The quantitative estimate of drug-likeness (QED) is 0.650. The molecule has 2 aromatic carbocycles. The van der Waals surface area contributed by atoms with Crippen molar-refractivity contribution < 1.29 is 9.59 Å². The minimum absolute atomic E-state index is 0.0786. The fraction of sp³-hybridized carbons (Fsp3) is 0.0588. The van der Waals surface area contributed by atoms with Gasteiger partial charge in [-0.2, -0.15) is 0 Å². The Bertz CT molecular complexity index is 979. The highest BCUT2D eigenvalue weighted by Gasteiger charge is 2.17. The maximum Gasteiger partial charge on any atom is 0.273 e. The van der Waals surface area contributed by atoms with Crippen LogP contribution in [0.5, 0.6) is 0 Å². The van der Waals surface area contributed by atoms with Gasteiger partial charge in [0.15, 0.2) is 17.3 Å². The third-order valence-corrected chi connectivity index (χ3v) is 4.38. The van der Waals surface area contributed by atoms with Gasteiger partial charge in [-0.1, -0.05) is 58.7 Å². The number of rotatable bonds is 5. The highest BCUT2D eigenvalue weighted by atomic mass is 35.5. The summed E-state index contributed by atoms with van der Waals surface area (Å²) >= 11 is 12.2. The van der Waals surface area contributed by atoms with E-state index in [-0.39, 0.29) is 29.4 Å². The highest BCUT2D eigenvalue weighted by Crippen LogP contribution is 2.27. The standard InChI is InChI=1S/C17H13Cl2N5O2/c18-11-2-1-3-12(19)13(11)15(25)10-6-4-9(5-7-10)8-24-16(20)14(17(21)26)22-23-24/h1-7H,8,20H2,(H2,21,26). The third kappa shape index (κ3) is 3.40. The van der Waals surface area contributed by atoms with E-state index < -0.39 is 5.91 Å². The third-order valence-electron chi connectivity index (χ3n) is 3.75. The first-order valence-electron chi connectivity index (χ1n) is 7.45. The van der Waals surface area contributed by atoms with Gasteiger partial charge in [0.1, 0.15) is 0 Å². The van der Waals surface area contributed by atoms with Gasteiger partial charge in [0.2, 0.25) is 0 Å². The van der Waals surface area contributed by atoms with E-state index in [2.05, 4.69) is 10.3 Å². The second-order valence-electron chi connectivity index (χ2n) is 5.47. The van der Waals surface area contributed by atoms with Gasteiger partial charge in [-0.05, 0) is 17.7 Å². The van der Waals surface area contributed by atoms with Gasteiger partial charge in [-0.15, -0.1) is 5.10 Å². The van der Waals surface area contributed by atoms with Crippen molar-refractivity contribution in [1.82, 2.24) is 15.0 Å². The monoisotopic (exact) mass is 389 g/mol. The lowest BCUT2D eigenvalue weighted by atomic mass is 10.0. The van der Waals surface area contributed by atoms with Gasteiger partial charge in [0.25, 0.3) is 5.91 Å².